The molecule has 0 radical (unpaired) electrons. The molecular weight excluding hydrogens is 186 g/mol. The lowest BCUT2D eigenvalue weighted by Crippen LogP contribution is -2.28. The van der Waals surface area contributed by atoms with Crippen LogP contribution in [0.25, 0.3) is 0 Å². The first kappa shape index (κ1) is 10.2. The Bertz CT molecular complexity index is 271. The first-order chi connectivity index (χ1) is 6.26. The molecule has 1 rings (SSSR count). The third-order valence-electron chi connectivity index (χ3n) is 1.90. The quantitative estimate of drug-likeness (QED) is 0.745. The van der Waals surface area contributed by atoms with E-state index in [1.807, 2.05) is 24.3 Å². The Balaban J connectivity index is 2.63. The van der Waals surface area contributed by atoms with Gasteiger partial charge in [0.1, 0.15) is 6.29 Å². The molecule has 2 nitrogen and oxygen atoms in total. The number of benzene rings is 1. The van der Waals surface area contributed by atoms with E-state index >= 15 is 0 Å². The Hall–Kier alpha value is -0.860. The fraction of sp³-hybridized carbons (Fsp3) is 0.300. The highest BCUT2D eigenvalue weighted by Crippen LogP contribution is 2.10. The zero-order chi connectivity index (χ0) is 9.68. The van der Waals surface area contributed by atoms with Crippen LogP contribution in [0.15, 0.2) is 24.3 Å². The van der Waals surface area contributed by atoms with Crippen molar-refractivity contribution in [3.8, 4) is 0 Å². The number of nitrogens with one attached hydrogen (secondary N) is 1. The third-order valence-corrected chi connectivity index (χ3v) is 2.16. The molecule has 0 fully saturated rings. The molecule has 0 unspecified atom stereocenters. The molecule has 70 valence electrons. The van der Waals surface area contributed by atoms with Gasteiger partial charge in [0, 0.05) is 5.02 Å². The first-order valence-electron chi connectivity index (χ1n) is 4.13. The summed E-state index contributed by atoms with van der Waals surface area (Å²) in [4.78, 5) is 10.5. The predicted molar refractivity (Wildman–Crippen MR) is 54.1 cm³/mol. The topological polar surface area (TPSA) is 29.1 Å². The van der Waals surface area contributed by atoms with Crippen molar-refractivity contribution in [1.82, 2.24) is 5.32 Å². The second kappa shape index (κ2) is 5.00. The van der Waals surface area contributed by atoms with Crippen molar-refractivity contribution < 1.29 is 4.79 Å². The van der Waals surface area contributed by atoms with Crippen LogP contribution in [-0.4, -0.2) is 19.4 Å². The minimum atomic E-state index is -0.110. The Kier molecular flexibility index (Phi) is 3.93. The summed E-state index contributed by atoms with van der Waals surface area (Å²) in [7, 11) is 1.77. The fourth-order valence-electron chi connectivity index (χ4n) is 1.09. The van der Waals surface area contributed by atoms with Gasteiger partial charge in [-0.3, -0.25) is 0 Å². The van der Waals surface area contributed by atoms with Crippen molar-refractivity contribution in [1.29, 1.82) is 0 Å². The Morgan fingerprint density at radius 3 is 2.54 bits per heavy atom. The highest BCUT2D eigenvalue weighted by Gasteiger charge is 2.04. The van der Waals surface area contributed by atoms with Gasteiger partial charge in [0.2, 0.25) is 0 Å². The zero-order valence-corrected chi connectivity index (χ0v) is 8.21. The van der Waals surface area contributed by atoms with E-state index < -0.39 is 0 Å². The molecule has 0 saturated heterocycles. The lowest BCUT2D eigenvalue weighted by atomic mass is 10.1. The molecule has 0 saturated carbocycles. The molecule has 0 aromatic heterocycles. The summed E-state index contributed by atoms with van der Waals surface area (Å²) in [6.07, 6.45) is 1.62. The van der Waals surface area contributed by atoms with E-state index in [1.165, 1.54) is 0 Å². The standard InChI is InChI=1S/C10H12ClNO/c1-12-10(7-13)6-8-2-4-9(11)5-3-8/h2-5,7,10,12H,6H2,1H3/t10-/m1/s1. The average molecular weight is 198 g/mol. The SMILES string of the molecule is CN[C@@H](C=O)Cc1ccc(Cl)cc1. The van der Waals surface area contributed by atoms with Crippen LogP contribution in [0.3, 0.4) is 0 Å². The normalized spacial score (nSPS) is 12.5. The maximum Gasteiger partial charge on any atom is 0.137 e. The number of hydrogen-bond donors (Lipinski definition) is 1. The zero-order valence-electron chi connectivity index (χ0n) is 7.46. The van der Waals surface area contributed by atoms with E-state index in [-0.39, 0.29) is 6.04 Å². The van der Waals surface area contributed by atoms with Gasteiger partial charge in [-0.25, -0.2) is 0 Å². The van der Waals surface area contributed by atoms with E-state index in [0.29, 0.717) is 6.42 Å². The van der Waals surface area contributed by atoms with Crippen LogP contribution in [0.2, 0.25) is 5.02 Å². The summed E-state index contributed by atoms with van der Waals surface area (Å²) < 4.78 is 0. The number of carbonyl (C=O) groups is 1. The van der Waals surface area contributed by atoms with Crippen LogP contribution in [-0.2, 0) is 11.2 Å². The van der Waals surface area contributed by atoms with Gasteiger partial charge in [0.05, 0.1) is 6.04 Å². The average Bonchev–Trinajstić information content (AvgIpc) is 2.17. The monoisotopic (exact) mass is 197 g/mol. The molecule has 0 bridgehead atoms. The summed E-state index contributed by atoms with van der Waals surface area (Å²) in [5.74, 6) is 0. The van der Waals surface area contributed by atoms with Gasteiger partial charge in [0.25, 0.3) is 0 Å². The summed E-state index contributed by atoms with van der Waals surface area (Å²) in [6.45, 7) is 0. The van der Waals surface area contributed by atoms with Gasteiger partial charge < -0.3 is 10.1 Å². The van der Waals surface area contributed by atoms with Crippen molar-refractivity contribution in [3.05, 3.63) is 34.9 Å². The largest absolute Gasteiger partial charge is 0.311 e. The van der Waals surface area contributed by atoms with Crippen molar-refractivity contribution in [2.45, 2.75) is 12.5 Å². The lowest BCUT2D eigenvalue weighted by Gasteiger charge is -2.08. The van der Waals surface area contributed by atoms with Crippen molar-refractivity contribution in [3.63, 3.8) is 0 Å². The van der Waals surface area contributed by atoms with Gasteiger partial charge in [-0.05, 0) is 31.2 Å². The lowest BCUT2D eigenvalue weighted by molar-refractivity contribution is -0.109. The molecule has 0 aliphatic rings. The molecular formula is C10H12ClNO. The third kappa shape index (κ3) is 3.17. The van der Waals surface area contributed by atoms with E-state index in [4.69, 9.17) is 11.6 Å². The first-order valence-corrected chi connectivity index (χ1v) is 4.51. The van der Waals surface area contributed by atoms with E-state index in [0.717, 1.165) is 16.9 Å². The summed E-state index contributed by atoms with van der Waals surface area (Å²) in [5, 5.41) is 3.63. The fourth-order valence-corrected chi connectivity index (χ4v) is 1.22. The molecule has 0 spiro atoms. The molecule has 1 aromatic rings. The molecule has 1 aromatic carbocycles. The second-order valence-electron chi connectivity index (χ2n) is 2.86. The molecule has 1 N–H and O–H groups in total. The molecule has 0 aliphatic heterocycles. The van der Waals surface area contributed by atoms with Gasteiger partial charge in [-0.1, -0.05) is 23.7 Å². The van der Waals surface area contributed by atoms with Crippen LogP contribution < -0.4 is 5.32 Å². The number of likely N-dealkylation sites (N-methyl/N-ethyl adjacent to an activating group) is 1. The highest BCUT2D eigenvalue weighted by molar-refractivity contribution is 6.30. The Morgan fingerprint density at radius 1 is 1.46 bits per heavy atom. The summed E-state index contributed by atoms with van der Waals surface area (Å²) in [6, 6.07) is 7.40. The van der Waals surface area contributed by atoms with E-state index in [2.05, 4.69) is 5.32 Å². The van der Waals surface area contributed by atoms with E-state index in [1.54, 1.807) is 7.05 Å². The Labute approximate surface area is 82.9 Å². The predicted octanol–water partition coefficient (Wildman–Crippen LogP) is 1.67. The maximum atomic E-state index is 10.5. The summed E-state index contributed by atoms with van der Waals surface area (Å²) >= 11 is 5.73. The van der Waals surface area contributed by atoms with Crippen LogP contribution in [0.1, 0.15) is 5.56 Å². The maximum absolute atomic E-state index is 10.5. The van der Waals surface area contributed by atoms with Gasteiger partial charge in [0.15, 0.2) is 0 Å². The Morgan fingerprint density at radius 2 is 2.08 bits per heavy atom. The van der Waals surface area contributed by atoms with Crippen molar-refractivity contribution in [2.75, 3.05) is 7.05 Å². The molecule has 0 aliphatic carbocycles. The molecule has 0 heterocycles. The van der Waals surface area contributed by atoms with E-state index in [9.17, 15) is 4.79 Å². The van der Waals surface area contributed by atoms with Crippen molar-refractivity contribution in [2.24, 2.45) is 0 Å². The van der Waals surface area contributed by atoms with Gasteiger partial charge in [-0.15, -0.1) is 0 Å². The number of hydrogen-bond acceptors (Lipinski definition) is 2. The number of halogens is 1. The molecule has 1 atom stereocenters. The number of rotatable bonds is 4. The minimum absolute atomic E-state index is 0.110. The van der Waals surface area contributed by atoms with Crippen LogP contribution >= 0.6 is 11.6 Å². The molecule has 13 heavy (non-hydrogen) atoms. The van der Waals surface area contributed by atoms with Crippen LogP contribution in [0.5, 0.6) is 0 Å². The molecule has 3 heteroatoms. The number of carbonyl (C=O) groups excluding carboxylic acids is 1. The van der Waals surface area contributed by atoms with Crippen LogP contribution in [0.4, 0.5) is 0 Å². The van der Waals surface area contributed by atoms with Gasteiger partial charge >= 0.3 is 0 Å². The van der Waals surface area contributed by atoms with Crippen LogP contribution in [0, 0.1) is 0 Å². The van der Waals surface area contributed by atoms with Crippen molar-refractivity contribution >= 4 is 17.9 Å². The highest BCUT2D eigenvalue weighted by atomic mass is 35.5. The number of aldehydes is 1. The van der Waals surface area contributed by atoms with Gasteiger partial charge in [-0.2, -0.15) is 0 Å². The minimum Gasteiger partial charge on any atom is -0.311 e. The molecule has 0 amide bonds. The summed E-state index contributed by atoms with van der Waals surface area (Å²) in [5.41, 5.74) is 1.11. The smallest absolute Gasteiger partial charge is 0.137 e. The second-order valence-corrected chi connectivity index (χ2v) is 3.30.